The lowest BCUT2D eigenvalue weighted by molar-refractivity contribution is -0.133. The summed E-state index contributed by atoms with van der Waals surface area (Å²) in [6.45, 7) is 3.58. The Hall–Kier alpha value is -2.97. The summed E-state index contributed by atoms with van der Waals surface area (Å²) in [4.78, 5) is 52.8. The van der Waals surface area contributed by atoms with Crippen LogP contribution in [-0.2, 0) is 19.2 Å². The highest BCUT2D eigenvalue weighted by molar-refractivity contribution is 5.97. The van der Waals surface area contributed by atoms with Gasteiger partial charge in [0.25, 0.3) is 0 Å². The van der Waals surface area contributed by atoms with Crippen molar-refractivity contribution >= 4 is 35.3 Å². The molecule has 3 heterocycles. The van der Waals surface area contributed by atoms with Gasteiger partial charge in [0.2, 0.25) is 23.6 Å². The molecule has 0 aliphatic carbocycles. The molecule has 2 aliphatic rings. The second kappa shape index (κ2) is 7.11. The largest absolute Gasteiger partial charge is 0.273 e. The van der Waals surface area contributed by atoms with Crippen molar-refractivity contribution in [3.05, 3.63) is 18.2 Å². The first-order valence-electron chi connectivity index (χ1n) is 8.59. The standard InChI is InChI=1S/C17H21N5O4/c1-12(23)21(19-10-4-8-16(19)25)14-6-3-7-15(18-14)22(13(2)24)20-11-5-9-17(20)26/h3,6-7H,4-5,8-11H2,1-2H3. The summed E-state index contributed by atoms with van der Waals surface area (Å²) in [5, 5.41) is 5.19. The molecule has 9 heteroatoms. The number of hydrogen-bond donors (Lipinski definition) is 0. The highest BCUT2D eigenvalue weighted by atomic mass is 16.2. The van der Waals surface area contributed by atoms with E-state index in [1.165, 1.54) is 33.9 Å². The fourth-order valence-corrected chi connectivity index (χ4v) is 3.25. The van der Waals surface area contributed by atoms with Gasteiger partial charge in [-0.2, -0.15) is 0 Å². The van der Waals surface area contributed by atoms with Gasteiger partial charge in [0.05, 0.1) is 0 Å². The molecule has 1 aromatic heterocycles. The zero-order valence-corrected chi connectivity index (χ0v) is 14.8. The molecule has 0 radical (unpaired) electrons. The number of rotatable bonds is 4. The maximum Gasteiger partial charge on any atom is 0.244 e. The molecule has 9 nitrogen and oxygen atoms in total. The first kappa shape index (κ1) is 17.8. The summed E-state index contributed by atoms with van der Waals surface area (Å²) in [5.74, 6) is -0.518. The van der Waals surface area contributed by atoms with E-state index in [4.69, 9.17) is 0 Å². The maximum atomic E-state index is 12.1. The fourth-order valence-electron chi connectivity index (χ4n) is 3.25. The summed E-state index contributed by atoms with van der Waals surface area (Å²) in [6, 6.07) is 4.84. The van der Waals surface area contributed by atoms with Crippen LogP contribution < -0.4 is 10.0 Å². The van der Waals surface area contributed by atoms with E-state index >= 15 is 0 Å². The van der Waals surface area contributed by atoms with Crippen molar-refractivity contribution in [2.45, 2.75) is 39.5 Å². The maximum absolute atomic E-state index is 12.1. The lowest BCUT2D eigenvalue weighted by atomic mass is 10.4. The van der Waals surface area contributed by atoms with Gasteiger partial charge < -0.3 is 0 Å². The number of hydrazine groups is 2. The Bertz CT molecular complexity index is 706. The number of aromatic nitrogens is 1. The van der Waals surface area contributed by atoms with Crippen molar-refractivity contribution in [3.63, 3.8) is 0 Å². The molecule has 4 amide bonds. The molecule has 0 saturated carbocycles. The van der Waals surface area contributed by atoms with Gasteiger partial charge in [0.15, 0.2) is 11.6 Å². The normalized spacial score (nSPS) is 17.0. The lowest BCUT2D eigenvalue weighted by Gasteiger charge is -2.32. The van der Waals surface area contributed by atoms with Crippen LogP contribution in [0, 0.1) is 0 Å². The quantitative estimate of drug-likeness (QED) is 0.795. The van der Waals surface area contributed by atoms with Gasteiger partial charge in [-0.3, -0.25) is 19.2 Å². The van der Waals surface area contributed by atoms with Crippen molar-refractivity contribution in [1.82, 2.24) is 15.0 Å². The Kier molecular flexibility index (Phi) is 4.88. The van der Waals surface area contributed by atoms with Crippen molar-refractivity contribution < 1.29 is 19.2 Å². The summed E-state index contributed by atoms with van der Waals surface area (Å²) in [5.41, 5.74) is 0. The van der Waals surface area contributed by atoms with Crippen molar-refractivity contribution in [3.8, 4) is 0 Å². The number of hydrogen-bond acceptors (Lipinski definition) is 5. The van der Waals surface area contributed by atoms with Crippen LogP contribution in [0.15, 0.2) is 18.2 Å². The second-order valence-corrected chi connectivity index (χ2v) is 6.26. The molecular weight excluding hydrogens is 338 g/mol. The number of carbonyl (C=O) groups is 4. The van der Waals surface area contributed by atoms with E-state index in [9.17, 15) is 19.2 Å². The number of amides is 4. The minimum Gasteiger partial charge on any atom is -0.273 e. The van der Waals surface area contributed by atoms with Gasteiger partial charge in [0.1, 0.15) is 0 Å². The molecule has 0 spiro atoms. The van der Waals surface area contributed by atoms with Gasteiger partial charge in [-0.05, 0) is 25.0 Å². The second-order valence-electron chi connectivity index (χ2n) is 6.26. The summed E-state index contributed by atoms with van der Waals surface area (Å²) >= 11 is 0. The number of carbonyl (C=O) groups excluding carboxylic acids is 4. The number of nitrogens with zero attached hydrogens (tertiary/aromatic N) is 5. The van der Waals surface area contributed by atoms with Crippen LogP contribution in [0.4, 0.5) is 11.6 Å². The summed E-state index contributed by atoms with van der Waals surface area (Å²) in [7, 11) is 0. The molecular formula is C17H21N5O4. The Labute approximate surface area is 151 Å². The third-order valence-corrected chi connectivity index (χ3v) is 4.33. The predicted octanol–water partition coefficient (Wildman–Crippen LogP) is 0.862. The minimum absolute atomic E-state index is 0.148. The van der Waals surface area contributed by atoms with E-state index in [0.717, 1.165) is 0 Å². The smallest absolute Gasteiger partial charge is 0.244 e. The van der Waals surface area contributed by atoms with Crippen molar-refractivity contribution in [2.24, 2.45) is 0 Å². The van der Waals surface area contributed by atoms with Gasteiger partial charge >= 0.3 is 0 Å². The van der Waals surface area contributed by atoms with Crippen LogP contribution >= 0.6 is 0 Å². The van der Waals surface area contributed by atoms with Crippen LogP contribution in [0.1, 0.15) is 39.5 Å². The monoisotopic (exact) mass is 359 g/mol. The third-order valence-electron chi connectivity index (χ3n) is 4.33. The highest BCUT2D eigenvalue weighted by Gasteiger charge is 2.33. The number of anilines is 2. The first-order chi connectivity index (χ1) is 12.4. The Morgan fingerprint density at radius 1 is 0.885 bits per heavy atom. The molecule has 0 aromatic carbocycles. The van der Waals surface area contributed by atoms with Crippen LogP contribution in [0.5, 0.6) is 0 Å². The number of pyridine rings is 1. The minimum atomic E-state index is -0.350. The van der Waals surface area contributed by atoms with Crippen molar-refractivity contribution in [2.75, 3.05) is 23.1 Å². The third kappa shape index (κ3) is 3.24. The first-order valence-corrected chi connectivity index (χ1v) is 8.59. The zero-order valence-electron chi connectivity index (χ0n) is 14.8. The van der Waals surface area contributed by atoms with Crippen LogP contribution in [0.3, 0.4) is 0 Å². The van der Waals surface area contributed by atoms with Crippen LogP contribution in [0.25, 0.3) is 0 Å². The predicted molar refractivity (Wildman–Crippen MR) is 92.5 cm³/mol. The molecule has 0 N–H and O–H groups in total. The molecule has 2 saturated heterocycles. The summed E-state index contributed by atoms with van der Waals surface area (Å²) < 4.78 is 0. The van der Waals surface area contributed by atoms with E-state index < -0.39 is 0 Å². The van der Waals surface area contributed by atoms with Crippen LogP contribution in [0.2, 0.25) is 0 Å². The molecule has 26 heavy (non-hydrogen) atoms. The lowest BCUT2D eigenvalue weighted by Crippen LogP contribution is -2.48. The molecule has 1 aromatic rings. The van der Waals surface area contributed by atoms with Gasteiger partial charge in [-0.25, -0.2) is 25.0 Å². The molecule has 0 atom stereocenters. The topological polar surface area (TPSA) is 94.1 Å². The molecule has 2 aliphatic heterocycles. The Morgan fingerprint density at radius 3 is 1.62 bits per heavy atom. The zero-order chi connectivity index (χ0) is 18.8. The van der Waals surface area contributed by atoms with Gasteiger partial charge in [-0.1, -0.05) is 6.07 Å². The van der Waals surface area contributed by atoms with Crippen LogP contribution in [-0.4, -0.2) is 51.7 Å². The van der Waals surface area contributed by atoms with E-state index in [1.54, 1.807) is 18.2 Å². The Balaban J connectivity index is 1.97. The van der Waals surface area contributed by atoms with E-state index in [2.05, 4.69) is 4.98 Å². The highest BCUT2D eigenvalue weighted by Crippen LogP contribution is 2.25. The van der Waals surface area contributed by atoms with Gasteiger partial charge in [0, 0.05) is 39.8 Å². The van der Waals surface area contributed by atoms with E-state index in [1.807, 2.05) is 0 Å². The molecule has 2 fully saturated rings. The molecule has 0 bridgehead atoms. The van der Waals surface area contributed by atoms with Gasteiger partial charge in [-0.15, -0.1) is 0 Å². The SMILES string of the molecule is CC(=O)N(c1cccc(N(C(C)=O)N2CCCC2=O)n1)N1CCCC1=O. The average Bonchev–Trinajstić information content (AvgIpc) is 3.17. The van der Waals surface area contributed by atoms with E-state index in [-0.39, 0.29) is 35.3 Å². The van der Waals surface area contributed by atoms with E-state index in [0.29, 0.717) is 38.8 Å². The fraction of sp³-hybridized carbons (Fsp3) is 0.471. The average molecular weight is 359 g/mol. The summed E-state index contributed by atoms with van der Waals surface area (Å²) in [6.07, 6.45) is 2.10. The Morgan fingerprint density at radius 2 is 1.31 bits per heavy atom. The van der Waals surface area contributed by atoms with Crippen molar-refractivity contribution in [1.29, 1.82) is 0 Å². The molecule has 3 rings (SSSR count). The molecule has 0 unspecified atom stereocenters. The molecule has 138 valence electrons.